The molecule has 0 saturated carbocycles. The molecule has 2 saturated heterocycles. The highest BCUT2D eigenvalue weighted by atomic mass is 16.8. The van der Waals surface area contributed by atoms with Crippen LogP contribution in [0.5, 0.6) is 0 Å². The molecule has 4 rings (SSSR count). The van der Waals surface area contributed by atoms with Crippen molar-refractivity contribution >= 4 is 17.0 Å². The first-order valence-corrected chi connectivity index (χ1v) is 7.11. The van der Waals surface area contributed by atoms with E-state index < -0.39 is 18.1 Å². The summed E-state index contributed by atoms with van der Waals surface area (Å²) in [5.74, 6) is -0.355. The van der Waals surface area contributed by atoms with Crippen LogP contribution >= 0.6 is 0 Å². The van der Waals surface area contributed by atoms with Gasteiger partial charge in [-0.2, -0.15) is 4.98 Å². The number of imidazole rings is 1. The average molecular weight is 308 g/mol. The number of ether oxygens (including phenoxy) is 3. The second-order valence-corrected chi connectivity index (χ2v) is 5.95. The molecule has 2 aromatic rings. The van der Waals surface area contributed by atoms with Crippen LogP contribution in [0.15, 0.2) is 12.7 Å². The molecular weight excluding hydrogens is 290 g/mol. The predicted octanol–water partition coefficient (Wildman–Crippen LogP) is -0.763. The Kier molecular flexibility index (Phi) is 2.89. The van der Waals surface area contributed by atoms with Crippen molar-refractivity contribution in [2.45, 2.75) is 44.2 Å². The molecule has 4 atom stereocenters. The maximum atomic E-state index is 9.53. The lowest BCUT2D eigenvalue weighted by atomic mass is 10.1. The molecule has 118 valence electrons. The summed E-state index contributed by atoms with van der Waals surface area (Å²) in [4.78, 5) is 11.2. The van der Waals surface area contributed by atoms with Crippen LogP contribution in [0, 0.1) is 0 Å². The summed E-state index contributed by atoms with van der Waals surface area (Å²) in [5.41, 5.74) is 7.09. The quantitative estimate of drug-likeness (QED) is 0.624. The van der Waals surface area contributed by atoms with Crippen molar-refractivity contribution in [1.29, 1.82) is 0 Å². The van der Waals surface area contributed by atoms with E-state index in [1.165, 1.54) is 6.33 Å². The third-order valence-electron chi connectivity index (χ3n) is 4.03. The Morgan fingerprint density at radius 2 is 2.14 bits per heavy atom. The Hall–Kier alpha value is -1.81. The first kappa shape index (κ1) is 13.8. The zero-order valence-electron chi connectivity index (χ0n) is 12.3. The first-order valence-electron chi connectivity index (χ1n) is 7.11. The topological polar surface area (TPSA) is 119 Å². The second-order valence-electron chi connectivity index (χ2n) is 5.95. The fourth-order valence-corrected chi connectivity index (χ4v) is 3.14. The number of hydrogen-bond acceptors (Lipinski definition) is 7. The molecular formula is C13H18N5O4+. The molecule has 0 amide bonds. The molecule has 0 aromatic carbocycles. The van der Waals surface area contributed by atoms with E-state index in [1.807, 2.05) is 13.8 Å². The smallest absolute Gasteiger partial charge is 0.309 e. The summed E-state index contributed by atoms with van der Waals surface area (Å²) >= 11 is 0. The van der Waals surface area contributed by atoms with Gasteiger partial charge in [-0.05, 0) is 13.8 Å². The fourth-order valence-electron chi connectivity index (χ4n) is 3.14. The van der Waals surface area contributed by atoms with Crippen molar-refractivity contribution < 1.29 is 23.9 Å². The molecule has 0 radical (unpaired) electrons. The van der Waals surface area contributed by atoms with E-state index in [0.717, 1.165) is 0 Å². The van der Waals surface area contributed by atoms with Crippen LogP contribution < -0.4 is 10.3 Å². The van der Waals surface area contributed by atoms with E-state index in [1.54, 1.807) is 10.9 Å². The number of nitrogens with zero attached hydrogens (tertiary/aromatic N) is 3. The number of H-pyrrole nitrogens is 1. The summed E-state index contributed by atoms with van der Waals surface area (Å²) in [7, 11) is 0. The molecule has 2 aliphatic heterocycles. The molecule has 4 N–H and O–H groups in total. The lowest BCUT2D eigenvalue weighted by molar-refractivity contribution is -0.745. The highest BCUT2D eigenvalue weighted by Gasteiger charge is 2.57. The van der Waals surface area contributed by atoms with Crippen LogP contribution in [0.4, 0.5) is 5.82 Å². The molecule has 2 aromatic heterocycles. The first-order chi connectivity index (χ1) is 10.5. The molecule has 4 heterocycles. The number of nitrogen functional groups attached to an aromatic ring is 1. The summed E-state index contributed by atoms with van der Waals surface area (Å²) in [6, 6.07) is 0. The number of nitrogens with two attached hydrogens (primary N) is 1. The number of aliphatic hydroxyl groups excluding tert-OH is 1. The van der Waals surface area contributed by atoms with Crippen LogP contribution in [0.3, 0.4) is 0 Å². The fraction of sp³-hybridized carbons (Fsp3) is 0.615. The minimum Gasteiger partial charge on any atom is -0.394 e. The zero-order valence-corrected chi connectivity index (χ0v) is 12.3. The summed E-state index contributed by atoms with van der Waals surface area (Å²) < 4.78 is 19.5. The summed E-state index contributed by atoms with van der Waals surface area (Å²) in [6.07, 6.45) is 1.52. The molecule has 0 bridgehead atoms. The normalized spacial score (nSPS) is 33.4. The Morgan fingerprint density at radius 3 is 2.91 bits per heavy atom. The van der Waals surface area contributed by atoms with Crippen LogP contribution in [0.25, 0.3) is 11.2 Å². The van der Waals surface area contributed by atoms with Crippen molar-refractivity contribution in [3.05, 3.63) is 12.7 Å². The van der Waals surface area contributed by atoms with Gasteiger partial charge in [-0.1, -0.05) is 4.98 Å². The number of aliphatic hydroxyl groups is 1. The monoisotopic (exact) mass is 308 g/mol. The van der Waals surface area contributed by atoms with Crippen molar-refractivity contribution in [1.82, 2.24) is 15.0 Å². The Labute approximate surface area is 126 Å². The van der Waals surface area contributed by atoms with Gasteiger partial charge in [-0.15, -0.1) is 0 Å². The van der Waals surface area contributed by atoms with Gasteiger partial charge in [0.1, 0.15) is 18.3 Å². The molecule has 2 unspecified atom stereocenters. The Balaban J connectivity index is 1.77. The van der Waals surface area contributed by atoms with Crippen LogP contribution in [0.1, 0.15) is 20.1 Å². The van der Waals surface area contributed by atoms with E-state index >= 15 is 0 Å². The van der Waals surface area contributed by atoms with Crippen molar-refractivity contribution in [2.24, 2.45) is 0 Å². The van der Waals surface area contributed by atoms with Crippen LogP contribution in [-0.4, -0.2) is 50.8 Å². The van der Waals surface area contributed by atoms with Gasteiger partial charge in [0, 0.05) is 0 Å². The highest BCUT2D eigenvalue weighted by Crippen LogP contribution is 2.41. The van der Waals surface area contributed by atoms with E-state index in [2.05, 4.69) is 15.0 Å². The minimum absolute atomic E-state index is 0.142. The molecule has 2 fully saturated rings. The number of hydrogen-bond donors (Lipinski definition) is 3. The van der Waals surface area contributed by atoms with Crippen molar-refractivity contribution in [3.8, 4) is 0 Å². The van der Waals surface area contributed by atoms with Gasteiger partial charge >= 0.3 is 5.65 Å². The van der Waals surface area contributed by atoms with Gasteiger partial charge in [-0.25, -0.2) is 4.57 Å². The predicted molar refractivity (Wildman–Crippen MR) is 73.3 cm³/mol. The van der Waals surface area contributed by atoms with Gasteiger partial charge in [0.05, 0.1) is 6.61 Å². The number of aromatic amines is 1. The average Bonchev–Trinajstić information content (AvgIpc) is 3.10. The molecule has 9 nitrogen and oxygen atoms in total. The van der Waals surface area contributed by atoms with Crippen molar-refractivity contribution in [3.63, 3.8) is 0 Å². The molecule has 9 heteroatoms. The number of nitrogens with one attached hydrogen (secondary N) is 1. The zero-order chi connectivity index (χ0) is 15.5. The van der Waals surface area contributed by atoms with E-state index in [4.69, 9.17) is 19.9 Å². The van der Waals surface area contributed by atoms with Crippen LogP contribution in [-0.2, 0) is 14.2 Å². The maximum absolute atomic E-state index is 9.53. The number of fused-ring (bicyclic) bond motifs is 2. The molecule has 0 aliphatic carbocycles. The third-order valence-corrected chi connectivity index (χ3v) is 4.03. The lowest BCUT2D eigenvalue weighted by Gasteiger charge is -2.22. The summed E-state index contributed by atoms with van der Waals surface area (Å²) in [6.45, 7) is 3.55. The highest BCUT2D eigenvalue weighted by molar-refractivity contribution is 5.77. The third kappa shape index (κ3) is 1.90. The number of rotatable bonds is 2. The van der Waals surface area contributed by atoms with Gasteiger partial charge in [0.25, 0.3) is 0 Å². The second kappa shape index (κ2) is 4.59. The summed E-state index contributed by atoms with van der Waals surface area (Å²) in [5, 5.41) is 9.53. The molecule has 2 aliphatic rings. The minimum atomic E-state index is -0.717. The van der Waals surface area contributed by atoms with Gasteiger partial charge in [-0.3, -0.25) is 4.98 Å². The number of aromatic nitrogens is 4. The van der Waals surface area contributed by atoms with E-state index in [-0.39, 0.29) is 18.8 Å². The Bertz CT molecular complexity index is 718. The maximum Gasteiger partial charge on any atom is 0.309 e. The number of anilines is 1. The SMILES string of the molecule is CC1(C)O[C@@H]2C(CO)OC([n+]3c[nH]c4c(N)ncnc43)[C@@H]2O1. The standard InChI is InChI=1S/C13H17N5O4/c1-13(2)21-8-6(3-19)20-12(9(8)22-13)18-5-17-7-10(14)15-4-16-11(7)18/h4-6,8-9,12,19H,3H2,1-2H3,(H2,14,15,16)/p+1/t6?,8-,9-,12?/m1/s1. The largest absolute Gasteiger partial charge is 0.394 e. The van der Waals surface area contributed by atoms with Gasteiger partial charge in [0.15, 0.2) is 24.3 Å². The van der Waals surface area contributed by atoms with E-state index in [0.29, 0.717) is 17.0 Å². The van der Waals surface area contributed by atoms with Gasteiger partial charge < -0.3 is 25.1 Å². The van der Waals surface area contributed by atoms with E-state index in [9.17, 15) is 5.11 Å². The molecule has 22 heavy (non-hydrogen) atoms. The Morgan fingerprint density at radius 1 is 1.36 bits per heavy atom. The van der Waals surface area contributed by atoms with Gasteiger partial charge in [0.2, 0.25) is 11.7 Å². The van der Waals surface area contributed by atoms with Crippen LogP contribution in [0.2, 0.25) is 0 Å². The molecule has 0 spiro atoms. The van der Waals surface area contributed by atoms with Crippen molar-refractivity contribution in [2.75, 3.05) is 12.3 Å². The lowest BCUT2D eigenvalue weighted by Crippen LogP contribution is -2.45.